The van der Waals surface area contributed by atoms with Crippen molar-refractivity contribution in [1.29, 1.82) is 0 Å². The number of thiophene rings is 1. The SMILES string of the molecule is Cc1cc(C(C)(C)C)ccc1N1c2cc3c(cc2B2c4cc5c(cc4N(c4ccc6c(c4)sc4ccccc46)c4cc(N6c7ccc(-c8ccc(C(C)(C)C)cc8)cc7C7(C)CCCCC67C)cc1c42)C(C)(C)CC5(C)C)C(C)(C)c1ccccc1C3(C)C. The maximum absolute atomic E-state index is 2.87. The zero-order valence-corrected chi connectivity index (χ0v) is 56.8. The lowest BCUT2D eigenvalue weighted by molar-refractivity contribution is 0.195. The van der Waals surface area contributed by atoms with E-state index in [2.05, 4.69) is 296 Å². The minimum atomic E-state index is -0.254. The van der Waals surface area contributed by atoms with Crippen molar-refractivity contribution in [2.24, 2.45) is 0 Å². The molecule has 0 saturated heterocycles. The van der Waals surface area contributed by atoms with E-state index in [-0.39, 0.29) is 50.2 Å². The second kappa shape index (κ2) is 18.4. The first-order valence-corrected chi connectivity index (χ1v) is 34.2. The number of fused-ring (bicyclic) bond motifs is 13. The van der Waals surface area contributed by atoms with Crippen LogP contribution in [-0.4, -0.2) is 12.3 Å². The molecule has 1 saturated carbocycles. The molecule has 89 heavy (non-hydrogen) atoms. The fraction of sp³-hybridized carbons (Fsp3) is 0.357. The largest absolute Gasteiger partial charge is 0.334 e. The Hall–Kier alpha value is -7.34. The molecule has 0 amide bonds. The molecule has 1 fully saturated rings. The highest BCUT2D eigenvalue weighted by Crippen LogP contribution is 2.63. The van der Waals surface area contributed by atoms with Gasteiger partial charge < -0.3 is 14.7 Å². The third-order valence-corrected chi connectivity index (χ3v) is 24.8. The van der Waals surface area contributed by atoms with Gasteiger partial charge in [-0.25, -0.2) is 0 Å². The average Bonchev–Trinajstić information content (AvgIpc) is 1.68. The highest BCUT2D eigenvalue weighted by atomic mass is 32.1. The van der Waals surface area contributed by atoms with Crippen molar-refractivity contribution < 1.29 is 0 Å². The van der Waals surface area contributed by atoms with Crippen LogP contribution in [0.15, 0.2) is 164 Å². The Kier molecular flexibility index (Phi) is 11.8. The summed E-state index contributed by atoms with van der Waals surface area (Å²) < 4.78 is 2.65. The van der Waals surface area contributed by atoms with Gasteiger partial charge in [0.25, 0.3) is 6.71 Å². The smallest absolute Gasteiger partial charge is 0.252 e. The van der Waals surface area contributed by atoms with Crippen LogP contribution in [0.3, 0.4) is 0 Å². The molecular weight excluding hydrogens is 1090 g/mol. The highest BCUT2D eigenvalue weighted by molar-refractivity contribution is 7.25. The average molecular weight is 1180 g/mol. The minimum Gasteiger partial charge on any atom is -0.334 e. The van der Waals surface area contributed by atoms with E-state index >= 15 is 0 Å². The Bertz CT molecular complexity index is 4690. The monoisotopic (exact) mass is 1180 g/mol. The Balaban J connectivity index is 1.04. The van der Waals surface area contributed by atoms with E-state index < -0.39 is 0 Å². The van der Waals surface area contributed by atoms with Crippen LogP contribution in [0.4, 0.5) is 45.5 Å². The van der Waals surface area contributed by atoms with Gasteiger partial charge >= 0.3 is 0 Å². The molecule has 1 aromatic heterocycles. The second-order valence-corrected chi connectivity index (χ2v) is 34.0. The van der Waals surface area contributed by atoms with Crippen LogP contribution >= 0.6 is 11.3 Å². The number of aryl methyl sites for hydroxylation is 1. The number of hydrogen-bond donors (Lipinski definition) is 0. The van der Waals surface area contributed by atoms with Crippen LogP contribution in [0, 0.1) is 6.92 Å². The van der Waals surface area contributed by atoms with Crippen LogP contribution in [0.25, 0.3) is 31.3 Å². The van der Waals surface area contributed by atoms with Crippen molar-refractivity contribution in [2.45, 2.75) is 193 Å². The summed E-state index contributed by atoms with van der Waals surface area (Å²) in [5.41, 5.74) is 30.4. The summed E-state index contributed by atoms with van der Waals surface area (Å²) >= 11 is 1.93. The van der Waals surface area contributed by atoms with E-state index in [1.54, 1.807) is 0 Å². The van der Waals surface area contributed by atoms with E-state index in [1.165, 1.54) is 162 Å². The van der Waals surface area contributed by atoms with E-state index in [0.29, 0.717) is 0 Å². The van der Waals surface area contributed by atoms with E-state index in [1.807, 2.05) is 11.3 Å². The summed E-state index contributed by atoms with van der Waals surface area (Å²) in [5, 5.41) is 2.66. The molecule has 0 N–H and O–H groups in total. The minimum absolute atomic E-state index is 0.0103. The van der Waals surface area contributed by atoms with Gasteiger partial charge in [0.05, 0.1) is 5.54 Å². The summed E-state index contributed by atoms with van der Waals surface area (Å²) in [6.45, 7) is 41.6. The number of benzene rings is 9. The number of rotatable bonds is 4. The molecule has 2 atom stereocenters. The predicted molar refractivity (Wildman–Crippen MR) is 385 cm³/mol. The normalized spacial score (nSPS) is 21.2. The molecule has 3 aliphatic heterocycles. The zero-order chi connectivity index (χ0) is 62.2. The Morgan fingerprint density at radius 1 is 0.416 bits per heavy atom. The lowest BCUT2D eigenvalue weighted by atomic mass is 9.32. The fourth-order valence-corrected chi connectivity index (χ4v) is 19.9. The van der Waals surface area contributed by atoms with Gasteiger partial charge in [0.15, 0.2) is 0 Å². The number of anilines is 8. The first kappa shape index (κ1) is 56.9. The molecule has 448 valence electrons. The van der Waals surface area contributed by atoms with Crippen molar-refractivity contribution in [3.05, 3.63) is 219 Å². The molecular formula is C84H88BN3S. The standard InChI is InChI=1S/C84H88BN3S/c1-50-40-54(78(5,6)7)33-37-68(50)87-71-48-64-63(81(12,13)59-25-19-20-26-60(59)82(64,14)15)46-67(71)85-66-45-61-62(80(10,11)49-79(61,8)9)47-70(66)86(55-34-35-58-57-24-18-21-27-74(57)89-75(58)44-55)72-42-56(43-73(87)76(72)85)88-69-36-30-52(51-28-31-53(32-29-51)77(2,3)4)41-65(69)83(16)38-22-23-39-84(83,88)17/h18-21,24-37,40-48H,22-23,38-39,49H2,1-17H3. The first-order valence-electron chi connectivity index (χ1n) is 33.4. The van der Waals surface area contributed by atoms with E-state index in [4.69, 9.17) is 0 Å². The van der Waals surface area contributed by atoms with Crippen molar-refractivity contribution in [3.8, 4) is 11.1 Å². The van der Waals surface area contributed by atoms with Crippen LogP contribution in [-0.2, 0) is 37.9 Å². The lowest BCUT2D eigenvalue weighted by Crippen LogP contribution is -2.62. The number of nitrogens with zero attached hydrogens (tertiary/aromatic N) is 3. The Morgan fingerprint density at radius 3 is 1.64 bits per heavy atom. The van der Waals surface area contributed by atoms with Crippen molar-refractivity contribution in [3.63, 3.8) is 0 Å². The lowest BCUT2D eigenvalue weighted by Gasteiger charge is -2.51. The maximum atomic E-state index is 2.87. The molecule has 3 nitrogen and oxygen atoms in total. The number of hydrogen-bond acceptors (Lipinski definition) is 4. The van der Waals surface area contributed by atoms with Gasteiger partial charge in [-0.2, -0.15) is 0 Å². The van der Waals surface area contributed by atoms with Gasteiger partial charge in [0.1, 0.15) is 0 Å². The van der Waals surface area contributed by atoms with Crippen molar-refractivity contribution in [2.75, 3.05) is 14.7 Å². The Labute approximate surface area is 535 Å². The molecule has 9 aromatic carbocycles. The third kappa shape index (κ3) is 7.88. The molecule has 6 aliphatic rings. The summed E-state index contributed by atoms with van der Waals surface area (Å²) in [7, 11) is 0. The van der Waals surface area contributed by atoms with Gasteiger partial charge in [-0.15, -0.1) is 11.3 Å². The van der Waals surface area contributed by atoms with Crippen LogP contribution in [0.2, 0.25) is 0 Å². The van der Waals surface area contributed by atoms with E-state index in [9.17, 15) is 0 Å². The van der Waals surface area contributed by atoms with E-state index in [0.717, 1.165) is 19.3 Å². The summed E-state index contributed by atoms with van der Waals surface area (Å²) in [5.74, 6) is 0. The fourth-order valence-electron chi connectivity index (χ4n) is 18.8. The van der Waals surface area contributed by atoms with Crippen LogP contribution < -0.4 is 31.1 Å². The van der Waals surface area contributed by atoms with Crippen molar-refractivity contribution in [1.82, 2.24) is 0 Å². The van der Waals surface area contributed by atoms with Crippen LogP contribution in [0.1, 0.15) is 199 Å². The van der Waals surface area contributed by atoms with Crippen LogP contribution in [0.5, 0.6) is 0 Å². The summed E-state index contributed by atoms with van der Waals surface area (Å²) in [6.07, 6.45) is 5.76. The molecule has 16 rings (SSSR count). The molecule has 10 aromatic rings. The van der Waals surface area contributed by atoms with Crippen molar-refractivity contribution >= 4 is 100 Å². The zero-order valence-electron chi connectivity index (χ0n) is 56.0. The topological polar surface area (TPSA) is 9.72 Å². The first-order chi connectivity index (χ1) is 42.0. The molecule has 0 spiro atoms. The molecule has 4 heterocycles. The maximum Gasteiger partial charge on any atom is 0.252 e. The molecule has 3 aliphatic carbocycles. The molecule has 5 heteroatoms. The van der Waals surface area contributed by atoms with Gasteiger partial charge in [0, 0.05) is 81.9 Å². The predicted octanol–water partition coefficient (Wildman–Crippen LogP) is 21.4. The Morgan fingerprint density at radius 2 is 0.966 bits per heavy atom. The summed E-state index contributed by atoms with van der Waals surface area (Å²) in [4.78, 5) is 8.39. The van der Waals surface area contributed by atoms with Gasteiger partial charge in [-0.3, -0.25) is 0 Å². The van der Waals surface area contributed by atoms with Gasteiger partial charge in [0.2, 0.25) is 0 Å². The van der Waals surface area contributed by atoms with Gasteiger partial charge in [-0.05, 0) is 199 Å². The third-order valence-electron chi connectivity index (χ3n) is 23.7. The quantitative estimate of drug-likeness (QED) is 0.163. The molecule has 0 bridgehead atoms. The highest BCUT2D eigenvalue weighted by Gasteiger charge is 2.59. The molecule has 2 unspecified atom stereocenters. The summed E-state index contributed by atoms with van der Waals surface area (Å²) in [6, 6.07) is 66.3. The van der Waals surface area contributed by atoms with Gasteiger partial charge in [-0.1, -0.05) is 220 Å². The second-order valence-electron chi connectivity index (χ2n) is 32.9. The molecule has 0 radical (unpaired) electrons.